The molecular formula is C19H19ClFN3O4. The summed E-state index contributed by atoms with van der Waals surface area (Å²) in [6.07, 6.45) is 1.20. The zero-order valence-corrected chi connectivity index (χ0v) is 16.0. The lowest BCUT2D eigenvalue weighted by atomic mass is 9.89. The smallest absolute Gasteiger partial charge is 0.267 e. The van der Waals surface area contributed by atoms with Crippen molar-refractivity contribution in [1.82, 2.24) is 14.7 Å². The third kappa shape index (κ3) is 4.39. The first-order chi connectivity index (χ1) is 13.4. The zero-order valence-electron chi connectivity index (χ0n) is 15.2. The van der Waals surface area contributed by atoms with Gasteiger partial charge in [0.25, 0.3) is 5.56 Å². The average molecular weight is 408 g/mol. The molecule has 0 unspecified atom stereocenters. The van der Waals surface area contributed by atoms with Gasteiger partial charge in [0.05, 0.1) is 12.7 Å². The SMILES string of the molecule is COc1ccc(F)cc1C(=O)[C@@H]1CCCN(C(=O)Cn2nc(Cl)ccc2=O)C1. The number of carbonyl (C=O) groups is 2. The van der Waals surface area contributed by atoms with Crippen LogP contribution in [-0.4, -0.2) is 46.6 Å². The average Bonchev–Trinajstić information content (AvgIpc) is 2.70. The molecule has 2 heterocycles. The van der Waals surface area contributed by atoms with Gasteiger partial charge < -0.3 is 9.64 Å². The summed E-state index contributed by atoms with van der Waals surface area (Å²) in [5, 5.41) is 3.95. The normalized spacial score (nSPS) is 16.7. The summed E-state index contributed by atoms with van der Waals surface area (Å²) >= 11 is 5.78. The van der Waals surface area contributed by atoms with Crippen molar-refractivity contribution in [1.29, 1.82) is 0 Å². The van der Waals surface area contributed by atoms with Crippen LogP contribution in [0.4, 0.5) is 4.39 Å². The van der Waals surface area contributed by atoms with Crippen LogP contribution in [0.15, 0.2) is 35.1 Å². The Hall–Kier alpha value is -2.74. The Balaban J connectivity index is 1.74. The van der Waals surface area contributed by atoms with Crippen molar-refractivity contribution >= 4 is 23.3 Å². The predicted molar refractivity (Wildman–Crippen MR) is 100 cm³/mol. The summed E-state index contributed by atoms with van der Waals surface area (Å²) in [5.41, 5.74) is -0.276. The number of ether oxygens (including phenoxy) is 1. The second-order valence-electron chi connectivity index (χ2n) is 6.54. The highest BCUT2D eigenvalue weighted by Gasteiger charge is 2.30. The molecule has 148 valence electrons. The Labute approximate surface area is 165 Å². The molecule has 1 fully saturated rings. The van der Waals surface area contributed by atoms with Gasteiger partial charge in [-0.05, 0) is 37.1 Å². The first kappa shape index (κ1) is 20.0. The van der Waals surface area contributed by atoms with Crippen molar-refractivity contribution in [2.45, 2.75) is 19.4 Å². The Kier molecular flexibility index (Phi) is 6.08. The van der Waals surface area contributed by atoms with Crippen LogP contribution >= 0.6 is 11.6 Å². The molecule has 3 rings (SSSR count). The minimum atomic E-state index is -0.528. The number of ketones is 1. The number of aromatic nitrogens is 2. The monoisotopic (exact) mass is 407 g/mol. The van der Waals surface area contributed by atoms with Gasteiger partial charge in [-0.1, -0.05) is 11.6 Å². The van der Waals surface area contributed by atoms with Crippen molar-refractivity contribution in [2.75, 3.05) is 20.2 Å². The maximum absolute atomic E-state index is 13.6. The quantitative estimate of drug-likeness (QED) is 0.709. The lowest BCUT2D eigenvalue weighted by Gasteiger charge is -2.32. The van der Waals surface area contributed by atoms with E-state index in [1.807, 2.05) is 0 Å². The number of nitrogens with zero attached hydrogens (tertiary/aromatic N) is 3. The van der Waals surface area contributed by atoms with Gasteiger partial charge in [-0.25, -0.2) is 9.07 Å². The summed E-state index contributed by atoms with van der Waals surface area (Å²) in [6, 6.07) is 6.37. The number of hydrogen-bond acceptors (Lipinski definition) is 5. The lowest BCUT2D eigenvalue weighted by molar-refractivity contribution is -0.133. The predicted octanol–water partition coefficient (Wildman–Crippen LogP) is 2.17. The number of methoxy groups -OCH3 is 1. The van der Waals surface area contributed by atoms with Crippen LogP contribution in [-0.2, 0) is 11.3 Å². The molecule has 0 aliphatic carbocycles. The maximum atomic E-state index is 13.6. The van der Waals surface area contributed by atoms with Crippen LogP contribution in [0.2, 0.25) is 5.15 Å². The number of amides is 1. The molecule has 0 saturated carbocycles. The standard InChI is InChI=1S/C19H19ClFN3O4/c1-28-15-5-4-13(21)9-14(15)19(27)12-3-2-8-23(10-12)18(26)11-24-17(25)7-6-16(20)22-24/h4-7,9,12H,2-3,8,10-11H2,1H3/t12-/m1/s1. The molecule has 1 aliphatic heterocycles. The Bertz CT molecular complexity index is 962. The van der Waals surface area contributed by atoms with Crippen LogP contribution < -0.4 is 10.3 Å². The number of carbonyl (C=O) groups excluding carboxylic acids is 2. The number of halogens is 2. The molecule has 2 aromatic rings. The topological polar surface area (TPSA) is 81.5 Å². The molecule has 28 heavy (non-hydrogen) atoms. The summed E-state index contributed by atoms with van der Waals surface area (Å²) in [7, 11) is 1.41. The van der Waals surface area contributed by atoms with Crippen LogP contribution in [0.3, 0.4) is 0 Å². The van der Waals surface area contributed by atoms with Gasteiger partial charge in [0.2, 0.25) is 5.91 Å². The fraction of sp³-hybridized carbons (Fsp3) is 0.368. The third-order valence-electron chi connectivity index (χ3n) is 4.69. The number of benzene rings is 1. The van der Waals surface area contributed by atoms with E-state index in [4.69, 9.17) is 16.3 Å². The summed E-state index contributed by atoms with van der Waals surface area (Å²) in [4.78, 5) is 38.8. The molecule has 1 saturated heterocycles. The molecule has 0 N–H and O–H groups in total. The van der Waals surface area contributed by atoms with Gasteiger partial charge >= 0.3 is 0 Å². The first-order valence-electron chi connectivity index (χ1n) is 8.78. The number of likely N-dealkylation sites (tertiary alicyclic amines) is 1. The molecule has 0 spiro atoms. The van der Waals surface area contributed by atoms with E-state index in [2.05, 4.69) is 5.10 Å². The van der Waals surface area contributed by atoms with Crippen LogP contribution in [0.25, 0.3) is 0 Å². The second kappa shape index (κ2) is 8.52. The second-order valence-corrected chi connectivity index (χ2v) is 6.93. The van der Waals surface area contributed by atoms with Gasteiger partial charge in [-0.15, -0.1) is 0 Å². The minimum absolute atomic E-state index is 0.109. The van der Waals surface area contributed by atoms with Gasteiger partial charge in [-0.3, -0.25) is 14.4 Å². The molecule has 1 atom stereocenters. The van der Waals surface area contributed by atoms with Crippen molar-refractivity contribution < 1.29 is 18.7 Å². The van der Waals surface area contributed by atoms with Gasteiger partial charge in [0, 0.05) is 25.1 Å². The molecule has 7 nitrogen and oxygen atoms in total. The minimum Gasteiger partial charge on any atom is -0.496 e. The Morgan fingerprint density at radius 2 is 2.11 bits per heavy atom. The maximum Gasteiger partial charge on any atom is 0.267 e. The summed E-state index contributed by atoms with van der Waals surface area (Å²) in [5.74, 6) is -1.31. The largest absolute Gasteiger partial charge is 0.496 e. The van der Waals surface area contributed by atoms with Crippen LogP contribution in [0.1, 0.15) is 23.2 Å². The van der Waals surface area contributed by atoms with E-state index >= 15 is 0 Å². The number of rotatable bonds is 5. The van der Waals surface area contributed by atoms with Crippen molar-refractivity contribution in [3.8, 4) is 5.75 Å². The summed E-state index contributed by atoms with van der Waals surface area (Å²) in [6.45, 7) is 0.397. The van der Waals surface area contributed by atoms with Crippen molar-refractivity contribution in [2.24, 2.45) is 5.92 Å². The Morgan fingerprint density at radius 1 is 1.32 bits per heavy atom. The molecule has 1 amide bonds. The van der Waals surface area contributed by atoms with Crippen molar-refractivity contribution in [3.05, 3.63) is 57.2 Å². The molecule has 1 aromatic carbocycles. The van der Waals surface area contributed by atoms with E-state index in [-0.39, 0.29) is 35.5 Å². The molecule has 0 radical (unpaired) electrons. The lowest BCUT2D eigenvalue weighted by Crippen LogP contribution is -2.44. The van der Waals surface area contributed by atoms with E-state index in [0.717, 1.165) is 10.7 Å². The van der Waals surface area contributed by atoms with Crippen molar-refractivity contribution in [3.63, 3.8) is 0 Å². The van der Waals surface area contributed by atoms with E-state index in [0.29, 0.717) is 25.1 Å². The van der Waals surface area contributed by atoms with Crippen LogP contribution in [0.5, 0.6) is 5.75 Å². The van der Waals surface area contributed by atoms with E-state index in [1.165, 1.54) is 36.3 Å². The fourth-order valence-electron chi connectivity index (χ4n) is 3.28. The first-order valence-corrected chi connectivity index (χ1v) is 9.16. The van der Waals surface area contributed by atoms with Gasteiger partial charge in [0.1, 0.15) is 23.3 Å². The van der Waals surface area contributed by atoms with Gasteiger partial charge in [0.15, 0.2) is 5.78 Å². The van der Waals surface area contributed by atoms with Gasteiger partial charge in [-0.2, -0.15) is 5.10 Å². The summed E-state index contributed by atoms with van der Waals surface area (Å²) < 4.78 is 19.8. The van der Waals surface area contributed by atoms with Crippen LogP contribution in [0, 0.1) is 11.7 Å². The molecule has 9 heteroatoms. The zero-order chi connectivity index (χ0) is 20.3. The molecule has 1 aliphatic rings. The number of piperidine rings is 1. The highest BCUT2D eigenvalue weighted by atomic mass is 35.5. The third-order valence-corrected chi connectivity index (χ3v) is 4.89. The fourth-order valence-corrected chi connectivity index (χ4v) is 3.43. The Morgan fingerprint density at radius 3 is 2.86 bits per heavy atom. The number of Topliss-reactive ketones (excluding diaryl/α,β-unsaturated/α-hetero) is 1. The number of hydrogen-bond donors (Lipinski definition) is 0. The highest BCUT2D eigenvalue weighted by Crippen LogP contribution is 2.27. The van der Waals surface area contributed by atoms with E-state index in [1.54, 1.807) is 0 Å². The molecule has 1 aromatic heterocycles. The molecule has 0 bridgehead atoms. The molecular weight excluding hydrogens is 389 g/mol. The highest BCUT2D eigenvalue weighted by molar-refractivity contribution is 6.29. The van der Waals surface area contributed by atoms with E-state index < -0.39 is 17.3 Å². The van der Waals surface area contributed by atoms with E-state index in [9.17, 15) is 18.8 Å².